The van der Waals surface area contributed by atoms with Crippen LogP contribution in [0.2, 0.25) is 0 Å². The molecule has 0 bridgehead atoms. The SMILES string of the molecule is NC1CCC(F)(C2CC2c2ccccc2)C1. The Labute approximate surface area is 95.8 Å². The Hall–Kier alpha value is -0.890. The average molecular weight is 219 g/mol. The predicted octanol–water partition coefficient (Wildman–Crippen LogP) is 3.01. The second-order valence-electron chi connectivity index (χ2n) is 5.40. The molecule has 0 aliphatic heterocycles. The lowest BCUT2D eigenvalue weighted by Gasteiger charge is -2.19. The molecule has 1 aromatic carbocycles. The number of rotatable bonds is 2. The molecule has 1 aromatic rings. The molecule has 0 heterocycles. The second kappa shape index (κ2) is 3.56. The Kier molecular flexibility index (Phi) is 2.28. The zero-order chi connectivity index (χ0) is 11.2. The monoisotopic (exact) mass is 219 g/mol. The van der Waals surface area contributed by atoms with Gasteiger partial charge in [0, 0.05) is 12.0 Å². The number of benzene rings is 1. The topological polar surface area (TPSA) is 26.0 Å². The number of nitrogens with two attached hydrogens (primary N) is 1. The van der Waals surface area contributed by atoms with Crippen LogP contribution in [0.3, 0.4) is 0 Å². The second-order valence-corrected chi connectivity index (χ2v) is 5.40. The van der Waals surface area contributed by atoms with E-state index in [-0.39, 0.29) is 12.0 Å². The molecule has 4 atom stereocenters. The Bertz CT molecular complexity index is 378. The van der Waals surface area contributed by atoms with Crippen molar-refractivity contribution in [3.8, 4) is 0 Å². The van der Waals surface area contributed by atoms with Crippen molar-refractivity contribution in [2.75, 3.05) is 0 Å². The van der Waals surface area contributed by atoms with Crippen LogP contribution in [0.25, 0.3) is 0 Å². The normalized spacial score (nSPS) is 42.2. The summed E-state index contributed by atoms with van der Waals surface area (Å²) in [5, 5.41) is 0. The highest BCUT2D eigenvalue weighted by Crippen LogP contribution is 2.59. The quantitative estimate of drug-likeness (QED) is 0.813. The van der Waals surface area contributed by atoms with Crippen molar-refractivity contribution < 1.29 is 4.39 Å². The van der Waals surface area contributed by atoms with Crippen molar-refractivity contribution in [3.05, 3.63) is 35.9 Å². The van der Waals surface area contributed by atoms with E-state index in [2.05, 4.69) is 12.1 Å². The largest absolute Gasteiger partial charge is 0.328 e. The summed E-state index contributed by atoms with van der Waals surface area (Å²) in [7, 11) is 0. The molecular weight excluding hydrogens is 201 g/mol. The van der Waals surface area contributed by atoms with Crippen LogP contribution in [0.5, 0.6) is 0 Å². The molecule has 2 aliphatic rings. The fourth-order valence-corrected chi connectivity index (χ4v) is 3.24. The van der Waals surface area contributed by atoms with Crippen molar-refractivity contribution in [1.29, 1.82) is 0 Å². The van der Waals surface area contributed by atoms with Gasteiger partial charge in [0.25, 0.3) is 0 Å². The molecule has 0 radical (unpaired) electrons. The van der Waals surface area contributed by atoms with E-state index < -0.39 is 5.67 Å². The molecule has 2 N–H and O–H groups in total. The molecule has 2 aliphatic carbocycles. The van der Waals surface area contributed by atoms with Crippen LogP contribution < -0.4 is 5.73 Å². The first-order valence-corrected chi connectivity index (χ1v) is 6.18. The number of hydrogen-bond donors (Lipinski definition) is 1. The first kappa shape index (κ1) is 10.3. The summed E-state index contributed by atoms with van der Waals surface area (Å²) in [6.45, 7) is 0. The molecule has 2 heteroatoms. The van der Waals surface area contributed by atoms with E-state index in [1.807, 2.05) is 18.2 Å². The van der Waals surface area contributed by atoms with E-state index in [1.54, 1.807) is 0 Å². The minimum Gasteiger partial charge on any atom is -0.328 e. The van der Waals surface area contributed by atoms with Crippen molar-refractivity contribution in [3.63, 3.8) is 0 Å². The molecule has 16 heavy (non-hydrogen) atoms. The van der Waals surface area contributed by atoms with Crippen molar-refractivity contribution in [1.82, 2.24) is 0 Å². The van der Waals surface area contributed by atoms with Gasteiger partial charge in [-0.15, -0.1) is 0 Å². The molecule has 0 saturated heterocycles. The maximum Gasteiger partial charge on any atom is 0.116 e. The van der Waals surface area contributed by atoms with E-state index >= 15 is 0 Å². The number of halogens is 1. The van der Waals surface area contributed by atoms with Crippen LogP contribution in [-0.4, -0.2) is 11.7 Å². The first-order chi connectivity index (χ1) is 7.69. The molecule has 0 spiro atoms. The molecular formula is C14H18FN. The molecule has 0 amide bonds. The van der Waals surface area contributed by atoms with Gasteiger partial charge >= 0.3 is 0 Å². The van der Waals surface area contributed by atoms with E-state index in [0.29, 0.717) is 18.8 Å². The molecule has 2 fully saturated rings. The molecule has 3 rings (SSSR count). The van der Waals surface area contributed by atoms with Crippen molar-refractivity contribution in [2.24, 2.45) is 11.7 Å². The van der Waals surface area contributed by atoms with Crippen LogP contribution in [0, 0.1) is 5.92 Å². The summed E-state index contributed by atoms with van der Waals surface area (Å²) in [5.74, 6) is 0.667. The zero-order valence-corrected chi connectivity index (χ0v) is 9.40. The van der Waals surface area contributed by atoms with Crippen LogP contribution in [0.15, 0.2) is 30.3 Å². The summed E-state index contributed by atoms with van der Waals surface area (Å²) in [4.78, 5) is 0. The third-order valence-electron chi connectivity index (χ3n) is 4.21. The van der Waals surface area contributed by atoms with Crippen molar-refractivity contribution in [2.45, 2.75) is 43.3 Å². The van der Waals surface area contributed by atoms with Gasteiger partial charge in [-0.25, -0.2) is 4.39 Å². The Morgan fingerprint density at radius 1 is 1.25 bits per heavy atom. The Morgan fingerprint density at radius 3 is 2.62 bits per heavy atom. The maximum atomic E-state index is 14.6. The summed E-state index contributed by atoms with van der Waals surface area (Å²) in [6.07, 6.45) is 3.10. The number of alkyl halides is 1. The van der Waals surface area contributed by atoms with E-state index in [4.69, 9.17) is 5.73 Å². The standard InChI is InChI=1S/C14H18FN/c15-14(7-6-11(16)9-14)13-8-12(13)10-4-2-1-3-5-10/h1-5,11-13H,6-9,16H2. The smallest absolute Gasteiger partial charge is 0.116 e. The lowest BCUT2D eigenvalue weighted by molar-refractivity contribution is 0.136. The Morgan fingerprint density at radius 2 is 2.00 bits per heavy atom. The minimum atomic E-state index is -0.972. The van der Waals surface area contributed by atoms with Gasteiger partial charge < -0.3 is 5.73 Å². The molecule has 4 unspecified atom stereocenters. The van der Waals surface area contributed by atoms with Gasteiger partial charge in [0.15, 0.2) is 0 Å². The highest BCUT2D eigenvalue weighted by molar-refractivity contribution is 5.28. The highest BCUT2D eigenvalue weighted by Gasteiger charge is 2.56. The molecule has 0 aromatic heterocycles. The van der Waals surface area contributed by atoms with Gasteiger partial charge in [-0.2, -0.15) is 0 Å². The van der Waals surface area contributed by atoms with Crippen molar-refractivity contribution >= 4 is 0 Å². The van der Waals surface area contributed by atoms with Crippen LogP contribution >= 0.6 is 0 Å². The predicted molar refractivity (Wildman–Crippen MR) is 63.0 cm³/mol. The van der Waals surface area contributed by atoms with Gasteiger partial charge in [-0.05, 0) is 37.2 Å². The van der Waals surface area contributed by atoms with E-state index in [0.717, 1.165) is 12.8 Å². The fraction of sp³-hybridized carbons (Fsp3) is 0.571. The van der Waals surface area contributed by atoms with E-state index in [9.17, 15) is 4.39 Å². The lowest BCUT2D eigenvalue weighted by Crippen LogP contribution is -2.26. The van der Waals surface area contributed by atoms with Crippen LogP contribution in [0.1, 0.15) is 37.2 Å². The minimum absolute atomic E-state index is 0.0852. The summed E-state index contributed by atoms with van der Waals surface area (Å²) >= 11 is 0. The lowest BCUT2D eigenvalue weighted by atomic mass is 9.94. The molecule has 86 valence electrons. The number of hydrogen-bond acceptors (Lipinski definition) is 1. The first-order valence-electron chi connectivity index (χ1n) is 6.18. The van der Waals surface area contributed by atoms with Crippen LogP contribution in [0.4, 0.5) is 4.39 Å². The summed E-state index contributed by atoms with van der Waals surface area (Å²) in [5.41, 5.74) is 6.14. The zero-order valence-electron chi connectivity index (χ0n) is 9.40. The fourth-order valence-electron chi connectivity index (χ4n) is 3.24. The highest BCUT2D eigenvalue weighted by atomic mass is 19.1. The third-order valence-corrected chi connectivity index (χ3v) is 4.21. The summed E-state index contributed by atoms with van der Waals surface area (Å²) in [6, 6.07) is 10.4. The van der Waals surface area contributed by atoms with Crippen LogP contribution in [-0.2, 0) is 0 Å². The summed E-state index contributed by atoms with van der Waals surface area (Å²) < 4.78 is 14.6. The maximum absolute atomic E-state index is 14.6. The van der Waals surface area contributed by atoms with Gasteiger partial charge in [0.1, 0.15) is 5.67 Å². The Balaban J connectivity index is 1.72. The third kappa shape index (κ3) is 1.65. The van der Waals surface area contributed by atoms with Gasteiger partial charge in [0.2, 0.25) is 0 Å². The molecule has 1 nitrogen and oxygen atoms in total. The van der Waals surface area contributed by atoms with Gasteiger partial charge in [-0.1, -0.05) is 30.3 Å². The molecule has 2 saturated carbocycles. The van der Waals surface area contributed by atoms with Gasteiger partial charge in [0.05, 0.1) is 0 Å². The average Bonchev–Trinajstić information content (AvgIpc) is 3.02. The van der Waals surface area contributed by atoms with E-state index in [1.165, 1.54) is 5.56 Å². The van der Waals surface area contributed by atoms with Gasteiger partial charge in [-0.3, -0.25) is 0 Å².